The van der Waals surface area contributed by atoms with Crippen molar-refractivity contribution in [3.8, 4) is 5.75 Å². The van der Waals surface area contributed by atoms with Gasteiger partial charge in [-0.3, -0.25) is 0 Å². The van der Waals surface area contributed by atoms with Crippen LogP contribution >= 0.6 is 0 Å². The fourth-order valence-corrected chi connectivity index (χ4v) is 6.27. The number of unbranched alkanes of at least 4 members (excludes halogenated alkanes) is 3. The van der Waals surface area contributed by atoms with Gasteiger partial charge in [-0.05, 0) is 77.7 Å². The Kier molecular flexibility index (Phi) is 11.5. The Bertz CT molecular complexity index is 1150. The normalized spacial score (nSPS) is 19.3. The van der Waals surface area contributed by atoms with Gasteiger partial charge in [-0.25, -0.2) is 0 Å². The van der Waals surface area contributed by atoms with Crippen LogP contribution in [0.25, 0.3) is 0 Å². The molecule has 40 heavy (non-hydrogen) atoms. The van der Waals surface area contributed by atoms with E-state index in [1.807, 2.05) is 0 Å². The lowest BCUT2D eigenvalue weighted by Gasteiger charge is -2.37. The fraction of sp³-hybridized carbons (Fsp3) is 0.474. The van der Waals surface area contributed by atoms with Crippen molar-refractivity contribution in [2.45, 2.75) is 109 Å². The molecule has 0 saturated heterocycles. The van der Waals surface area contributed by atoms with Crippen LogP contribution in [0, 0.1) is 5.92 Å². The van der Waals surface area contributed by atoms with Gasteiger partial charge in [0.05, 0.1) is 12.7 Å². The molecule has 1 aliphatic carbocycles. The van der Waals surface area contributed by atoms with Gasteiger partial charge in [0.25, 0.3) is 0 Å². The minimum Gasteiger partial charge on any atom is -0.489 e. The number of ether oxygens (including phenoxy) is 2. The fourth-order valence-electron chi connectivity index (χ4n) is 6.27. The molecule has 2 heteroatoms. The Balaban J connectivity index is 1.58. The number of benzene rings is 3. The van der Waals surface area contributed by atoms with Crippen molar-refractivity contribution in [1.29, 1.82) is 0 Å². The summed E-state index contributed by atoms with van der Waals surface area (Å²) in [6, 6.07) is 28.2. The molecule has 3 aromatic carbocycles. The summed E-state index contributed by atoms with van der Waals surface area (Å²) >= 11 is 0. The number of rotatable bonds is 15. The third kappa shape index (κ3) is 8.58. The lowest BCUT2D eigenvalue weighted by Crippen LogP contribution is -2.29. The summed E-state index contributed by atoms with van der Waals surface area (Å²) in [5, 5.41) is 0. The standard InChI is InChI=1S/C38H50O2/c1-5-7-8-15-25-38(3,4)33-22-24-35(37(26-33)40-29-31-19-13-10-14-20-31)36-27-34(23-21-32(36)16-6-2)39-28-30-17-11-9-12-18-30/h6,9-14,17-20,22,24,26,32,34,36H,2,5,7-8,15-16,21,23,25,27-29H2,1,3-4H3. The van der Waals surface area contributed by atoms with Crippen molar-refractivity contribution in [3.63, 3.8) is 0 Å². The Morgan fingerprint density at radius 1 is 0.850 bits per heavy atom. The predicted molar refractivity (Wildman–Crippen MR) is 169 cm³/mol. The van der Waals surface area contributed by atoms with Crippen LogP contribution < -0.4 is 4.74 Å². The minimum absolute atomic E-state index is 0.117. The molecule has 4 rings (SSSR count). The average molecular weight is 539 g/mol. The highest BCUT2D eigenvalue weighted by atomic mass is 16.5. The van der Waals surface area contributed by atoms with E-state index in [4.69, 9.17) is 9.47 Å². The zero-order chi connectivity index (χ0) is 28.2. The lowest BCUT2D eigenvalue weighted by molar-refractivity contribution is -0.000315. The van der Waals surface area contributed by atoms with Crippen LogP contribution in [0.15, 0.2) is 91.5 Å². The van der Waals surface area contributed by atoms with Crippen LogP contribution in [-0.4, -0.2) is 6.10 Å². The van der Waals surface area contributed by atoms with E-state index in [1.54, 1.807) is 0 Å². The molecule has 0 aromatic heterocycles. The number of hydrogen-bond donors (Lipinski definition) is 0. The van der Waals surface area contributed by atoms with Gasteiger partial charge in [0.2, 0.25) is 0 Å². The van der Waals surface area contributed by atoms with Gasteiger partial charge in [-0.1, -0.05) is 125 Å². The first-order chi connectivity index (χ1) is 19.5. The Morgan fingerprint density at radius 3 is 2.23 bits per heavy atom. The van der Waals surface area contributed by atoms with Crippen molar-refractivity contribution >= 4 is 0 Å². The summed E-state index contributed by atoms with van der Waals surface area (Å²) < 4.78 is 13.2. The van der Waals surface area contributed by atoms with Crippen LogP contribution in [0.2, 0.25) is 0 Å². The first-order valence-electron chi connectivity index (χ1n) is 15.6. The van der Waals surface area contributed by atoms with E-state index in [0.29, 0.717) is 25.0 Å². The van der Waals surface area contributed by atoms with Crippen LogP contribution in [0.5, 0.6) is 5.75 Å². The van der Waals surface area contributed by atoms with E-state index in [9.17, 15) is 0 Å². The molecule has 2 nitrogen and oxygen atoms in total. The maximum atomic E-state index is 6.68. The Labute approximate surface area is 243 Å². The third-order valence-corrected chi connectivity index (χ3v) is 8.83. The van der Waals surface area contributed by atoms with E-state index < -0.39 is 0 Å². The lowest BCUT2D eigenvalue weighted by atomic mass is 9.71. The molecule has 0 amide bonds. The summed E-state index contributed by atoms with van der Waals surface area (Å²) in [6.07, 6.45) is 13.0. The highest BCUT2D eigenvalue weighted by Crippen LogP contribution is 2.45. The van der Waals surface area contributed by atoms with Gasteiger partial charge in [0, 0.05) is 0 Å². The quantitative estimate of drug-likeness (QED) is 0.141. The van der Waals surface area contributed by atoms with E-state index in [2.05, 4.69) is 112 Å². The van der Waals surface area contributed by atoms with Crippen LogP contribution in [-0.2, 0) is 23.4 Å². The minimum atomic E-state index is 0.117. The molecule has 1 fully saturated rings. The van der Waals surface area contributed by atoms with Crippen molar-refractivity contribution in [2.24, 2.45) is 5.92 Å². The highest BCUT2D eigenvalue weighted by Gasteiger charge is 2.34. The summed E-state index contributed by atoms with van der Waals surface area (Å²) in [4.78, 5) is 0. The van der Waals surface area contributed by atoms with E-state index in [0.717, 1.165) is 31.4 Å². The SMILES string of the molecule is C=CCC1CCC(OCc2ccccc2)CC1c1ccc(C(C)(C)CCCCCC)cc1OCc1ccccc1. The van der Waals surface area contributed by atoms with E-state index >= 15 is 0 Å². The molecule has 0 spiro atoms. The van der Waals surface area contributed by atoms with Crippen molar-refractivity contribution in [2.75, 3.05) is 0 Å². The Hall–Kier alpha value is -2.84. The van der Waals surface area contributed by atoms with Gasteiger partial charge in [-0.2, -0.15) is 0 Å². The first-order valence-corrected chi connectivity index (χ1v) is 15.6. The van der Waals surface area contributed by atoms with Crippen molar-refractivity contribution in [1.82, 2.24) is 0 Å². The Morgan fingerprint density at radius 2 is 1.55 bits per heavy atom. The summed E-state index contributed by atoms with van der Waals surface area (Å²) in [6.45, 7) is 12.4. The number of allylic oxidation sites excluding steroid dienone is 1. The molecule has 0 heterocycles. The zero-order valence-electron chi connectivity index (χ0n) is 25.1. The van der Waals surface area contributed by atoms with Gasteiger partial charge < -0.3 is 9.47 Å². The van der Waals surface area contributed by atoms with Gasteiger partial charge in [0.15, 0.2) is 0 Å². The smallest absolute Gasteiger partial charge is 0.123 e. The first kappa shape index (κ1) is 30.1. The summed E-state index contributed by atoms with van der Waals surface area (Å²) in [7, 11) is 0. The van der Waals surface area contributed by atoms with Crippen molar-refractivity contribution in [3.05, 3.63) is 114 Å². The molecule has 1 saturated carbocycles. The largest absolute Gasteiger partial charge is 0.489 e. The molecule has 1 aliphatic rings. The third-order valence-electron chi connectivity index (χ3n) is 8.83. The van der Waals surface area contributed by atoms with Gasteiger partial charge >= 0.3 is 0 Å². The second-order valence-electron chi connectivity index (χ2n) is 12.3. The number of hydrogen-bond acceptors (Lipinski definition) is 2. The molecule has 3 aromatic rings. The van der Waals surface area contributed by atoms with Crippen LogP contribution in [0.3, 0.4) is 0 Å². The van der Waals surface area contributed by atoms with Gasteiger partial charge in [-0.15, -0.1) is 6.58 Å². The predicted octanol–water partition coefficient (Wildman–Crippen LogP) is 10.6. The second kappa shape index (κ2) is 15.2. The molecule has 3 unspecified atom stereocenters. The monoisotopic (exact) mass is 538 g/mol. The second-order valence-corrected chi connectivity index (χ2v) is 12.3. The summed E-state index contributed by atoms with van der Waals surface area (Å²) in [5.41, 5.74) is 5.27. The van der Waals surface area contributed by atoms with Gasteiger partial charge in [0.1, 0.15) is 12.4 Å². The molecule has 3 atom stereocenters. The molecular weight excluding hydrogens is 488 g/mol. The zero-order valence-corrected chi connectivity index (χ0v) is 25.1. The molecule has 0 radical (unpaired) electrons. The van der Waals surface area contributed by atoms with Crippen LogP contribution in [0.1, 0.15) is 107 Å². The maximum absolute atomic E-state index is 6.68. The van der Waals surface area contributed by atoms with E-state index in [1.165, 1.54) is 54.4 Å². The molecular formula is C38H50O2. The van der Waals surface area contributed by atoms with Crippen molar-refractivity contribution < 1.29 is 9.47 Å². The highest BCUT2D eigenvalue weighted by molar-refractivity contribution is 5.43. The van der Waals surface area contributed by atoms with E-state index in [-0.39, 0.29) is 11.5 Å². The maximum Gasteiger partial charge on any atom is 0.123 e. The summed E-state index contributed by atoms with van der Waals surface area (Å²) in [5.74, 6) is 1.99. The average Bonchev–Trinajstić information content (AvgIpc) is 2.99. The topological polar surface area (TPSA) is 18.5 Å². The molecule has 214 valence electrons. The molecule has 0 N–H and O–H groups in total. The molecule has 0 bridgehead atoms. The molecule has 0 aliphatic heterocycles. The van der Waals surface area contributed by atoms with Crippen LogP contribution in [0.4, 0.5) is 0 Å².